The van der Waals surface area contributed by atoms with Crippen molar-refractivity contribution >= 4 is 51.6 Å². The standard InChI is InChI=1S/C33H26N2O3S2/c1-3-38-32(37)28-29(22-11-5-4-6-12-22)34-33-35(30(28)23-16-18-25(39-2)19-17-23)31(36)27(40-33)20-24-14-9-13-21-10-7-8-15-26(21)24/h4-20,30H,3H2,1-2H3/b27-20-/t30-/m1/s1. The molecule has 0 amide bonds. The summed E-state index contributed by atoms with van der Waals surface area (Å²) in [6.07, 6.45) is 3.94. The maximum absolute atomic E-state index is 14.1. The van der Waals surface area contributed by atoms with Crippen LogP contribution in [0.3, 0.4) is 0 Å². The summed E-state index contributed by atoms with van der Waals surface area (Å²) in [4.78, 5) is 34.3. The molecular weight excluding hydrogens is 537 g/mol. The van der Waals surface area contributed by atoms with E-state index in [-0.39, 0.29) is 12.2 Å². The maximum Gasteiger partial charge on any atom is 0.338 e. The van der Waals surface area contributed by atoms with E-state index in [0.717, 1.165) is 32.4 Å². The predicted octanol–water partition coefficient (Wildman–Crippen LogP) is 5.81. The van der Waals surface area contributed by atoms with E-state index in [1.54, 1.807) is 23.3 Å². The van der Waals surface area contributed by atoms with Crippen molar-refractivity contribution in [2.45, 2.75) is 17.9 Å². The number of hydrogen-bond acceptors (Lipinski definition) is 6. The Hall–Kier alpha value is -4.20. The van der Waals surface area contributed by atoms with Gasteiger partial charge in [-0.25, -0.2) is 9.79 Å². The van der Waals surface area contributed by atoms with E-state index in [4.69, 9.17) is 9.73 Å². The summed E-state index contributed by atoms with van der Waals surface area (Å²) in [6, 6.07) is 31.1. The number of carbonyl (C=O) groups excluding carboxylic acids is 1. The number of esters is 1. The number of carbonyl (C=O) groups is 1. The molecule has 40 heavy (non-hydrogen) atoms. The average Bonchev–Trinajstić information content (AvgIpc) is 3.31. The lowest BCUT2D eigenvalue weighted by molar-refractivity contribution is -0.138. The molecule has 5 aromatic rings. The zero-order valence-electron chi connectivity index (χ0n) is 22.0. The molecule has 1 aromatic heterocycles. The van der Waals surface area contributed by atoms with Crippen molar-refractivity contribution in [2.75, 3.05) is 12.9 Å². The van der Waals surface area contributed by atoms with Crippen molar-refractivity contribution in [3.63, 3.8) is 0 Å². The van der Waals surface area contributed by atoms with E-state index in [1.165, 1.54) is 11.3 Å². The Bertz CT molecular complexity index is 1930. The van der Waals surface area contributed by atoms with E-state index >= 15 is 0 Å². The lowest BCUT2D eigenvalue weighted by Gasteiger charge is -2.26. The third-order valence-electron chi connectivity index (χ3n) is 6.92. The highest BCUT2D eigenvalue weighted by Crippen LogP contribution is 2.35. The van der Waals surface area contributed by atoms with Crippen LogP contribution >= 0.6 is 23.1 Å². The molecule has 6 rings (SSSR count). The number of thiazole rings is 1. The van der Waals surface area contributed by atoms with Gasteiger partial charge >= 0.3 is 5.97 Å². The van der Waals surface area contributed by atoms with Crippen LogP contribution in [-0.2, 0) is 9.53 Å². The first kappa shape index (κ1) is 26.0. The summed E-state index contributed by atoms with van der Waals surface area (Å²) in [5, 5.41) is 2.17. The minimum absolute atomic E-state index is 0.190. The largest absolute Gasteiger partial charge is 0.463 e. The lowest BCUT2D eigenvalue weighted by Crippen LogP contribution is -2.40. The highest BCUT2D eigenvalue weighted by Gasteiger charge is 2.35. The van der Waals surface area contributed by atoms with Crippen LogP contribution in [0.15, 0.2) is 117 Å². The van der Waals surface area contributed by atoms with Gasteiger partial charge in [-0.2, -0.15) is 0 Å². The molecule has 0 aliphatic carbocycles. The van der Waals surface area contributed by atoms with Gasteiger partial charge in [-0.3, -0.25) is 9.36 Å². The Morgan fingerprint density at radius 1 is 0.975 bits per heavy atom. The molecule has 2 heterocycles. The Kier molecular flexibility index (Phi) is 7.24. The lowest BCUT2D eigenvalue weighted by atomic mass is 9.93. The van der Waals surface area contributed by atoms with Crippen LogP contribution in [0.1, 0.15) is 29.7 Å². The number of benzene rings is 4. The molecule has 1 aliphatic rings. The first-order valence-electron chi connectivity index (χ1n) is 13.0. The zero-order valence-corrected chi connectivity index (χ0v) is 23.7. The number of fused-ring (bicyclic) bond motifs is 2. The second kappa shape index (κ2) is 11.1. The van der Waals surface area contributed by atoms with Gasteiger partial charge in [-0.1, -0.05) is 96.3 Å². The minimum atomic E-state index is -0.684. The molecule has 0 fully saturated rings. The molecule has 0 spiro atoms. The Morgan fingerprint density at radius 3 is 2.45 bits per heavy atom. The van der Waals surface area contributed by atoms with Gasteiger partial charge in [0, 0.05) is 10.5 Å². The van der Waals surface area contributed by atoms with E-state index in [2.05, 4.69) is 18.2 Å². The molecule has 5 nitrogen and oxygen atoms in total. The van der Waals surface area contributed by atoms with Gasteiger partial charge in [0.15, 0.2) is 4.80 Å². The number of thioether (sulfide) groups is 1. The number of hydrogen-bond donors (Lipinski definition) is 0. The molecule has 0 bridgehead atoms. The van der Waals surface area contributed by atoms with Gasteiger partial charge in [0.1, 0.15) is 0 Å². The topological polar surface area (TPSA) is 60.7 Å². The van der Waals surface area contributed by atoms with E-state index in [1.807, 2.05) is 91.2 Å². The van der Waals surface area contributed by atoms with Crippen LogP contribution in [0.2, 0.25) is 0 Å². The van der Waals surface area contributed by atoms with Gasteiger partial charge in [0.2, 0.25) is 0 Å². The normalized spacial score (nSPS) is 15.2. The van der Waals surface area contributed by atoms with Crippen LogP contribution in [0, 0.1) is 0 Å². The fourth-order valence-corrected chi connectivity index (χ4v) is 6.46. The SMILES string of the molecule is CCOC(=O)C1=C(c2ccccc2)N=c2s/c(=C\c3cccc4ccccc34)c(=O)n2[C@@H]1c1ccc(SC)cc1. The van der Waals surface area contributed by atoms with Crippen molar-refractivity contribution in [2.24, 2.45) is 4.99 Å². The highest BCUT2D eigenvalue weighted by atomic mass is 32.2. The fraction of sp³-hybridized carbons (Fsp3) is 0.121. The Morgan fingerprint density at radius 2 is 1.70 bits per heavy atom. The van der Waals surface area contributed by atoms with Crippen molar-refractivity contribution in [3.8, 4) is 0 Å². The third kappa shape index (κ3) is 4.72. The van der Waals surface area contributed by atoms with E-state index in [0.29, 0.717) is 20.6 Å². The van der Waals surface area contributed by atoms with Crippen molar-refractivity contribution in [1.82, 2.24) is 4.57 Å². The number of ether oxygens (including phenoxy) is 1. The van der Waals surface area contributed by atoms with Gasteiger partial charge in [0.25, 0.3) is 5.56 Å². The monoisotopic (exact) mass is 562 g/mol. The van der Waals surface area contributed by atoms with Crippen molar-refractivity contribution in [1.29, 1.82) is 0 Å². The first-order valence-corrected chi connectivity index (χ1v) is 15.0. The molecule has 0 saturated heterocycles. The van der Waals surface area contributed by atoms with Gasteiger partial charge in [-0.15, -0.1) is 11.8 Å². The van der Waals surface area contributed by atoms with E-state index in [9.17, 15) is 9.59 Å². The molecular formula is C33H26N2O3S2. The smallest absolute Gasteiger partial charge is 0.338 e. The van der Waals surface area contributed by atoms with Crippen LogP contribution in [0.5, 0.6) is 0 Å². The fourth-order valence-electron chi connectivity index (χ4n) is 5.06. The molecule has 0 radical (unpaired) electrons. The second-order valence-corrected chi connectivity index (χ2v) is 11.2. The van der Waals surface area contributed by atoms with Gasteiger partial charge in [0.05, 0.1) is 28.5 Å². The Balaban J connectivity index is 1.65. The summed E-state index contributed by atoms with van der Waals surface area (Å²) >= 11 is 2.97. The molecule has 7 heteroatoms. The second-order valence-electron chi connectivity index (χ2n) is 9.27. The van der Waals surface area contributed by atoms with Crippen molar-refractivity contribution < 1.29 is 9.53 Å². The van der Waals surface area contributed by atoms with Crippen molar-refractivity contribution in [3.05, 3.63) is 139 Å². The van der Waals surface area contributed by atoms with Crippen LogP contribution in [0.4, 0.5) is 0 Å². The average molecular weight is 563 g/mol. The van der Waals surface area contributed by atoms with E-state index < -0.39 is 12.0 Å². The summed E-state index contributed by atoms with van der Waals surface area (Å²) in [7, 11) is 0. The molecule has 0 unspecified atom stereocenters. The predicted molar refractivity (Wildman–Crippen MR) is 163 cm³/mol. The molecule has 1 atom stereocenters. The molecule has 0 saturated carbocycles. The quantitative estimate of drug-likeness (QED) is 0.194. The zero-order chi connectivity index (χ0) is 27.6. The summed E-state index contributed by atoms with van der Waals surface area (Å²) < 4.78 is 7.76. The van der Waals surface area contributed by atoms with Crippen LogP contribution in [-0.4, -0.2) is 23.4 Å². The number of rotatable bonds is 6. The number of nitrogens with zero attached hydrogens (tertiary/aromatic N) is 2. The summed E-state index contributed by atoms with van der Waals surface area (Å²) in [5.41, 5.74) is 3.26. The molecule has 4 aromatic carbocycles. The van der Waals surface area contributed by atoms with Crippen LogP contribution in [0.25, 0.3) is 22.5 Å². The Labute approximate surface area is 239 Å². The third-order valence-corrected chi connectivity index (χ3v) is 8.64. The maximum atomic E-state index is 14.1. The van der Waals surface area contributed by atoms with Gasteiger partial charge in [-0.05, 0) is 53.3 Å². The molecule has 198 valence electrons. The first-order chi connectivity index (χ1) is 19.6. The highest BCUT2D eigenvalue weighted by molar-refractivity contribution is 7.98. The minimum Gasteiger partial charge on any atom is -0.463 e. The summed E-state index contributed by atoms with van der Waals surface area (Å²) in [5.74, 6) is -0.479. The molecule has 0 N–H and O–H groups in total. The van der Waals surface area contributed by atoms with Crippen LogP contribution < -0.4 is 14.9 Å². The van der Waals surface area contributed by atoms with Gasteiger partial charge < -0.3 is 4.74 Å². The summed E-state index contributed by atoms with van der Waals surface area (Å²) in [6.45, 7) is 2.00. The molecule has 1 aliphatic heterocycles. The number of aromatic nitrogens is 1.